The molecule has 0 fully saturated rings. The second kappa shape index (κ2) is 7.28. The summed E-state index contributed by atoms with van der Waals surface area (Å²) in [4.78, 5) is 22.0. The molecule has 25 heavy (non-hydrogen) atoms. The number of hydrazine groups is 1. The first-order chi connectivity index (χ1) is 11.8. The average molecular weight is 364 g/mol. The summed E-state index contributed by atoms with van der Waals surface area (Å²) in [6.45, 7) is 0.961. The normalized spacial score (nSPS) is 11.0. The summed E-state index contributed by atoms with van der Waals surface area (Å²) in [6, 6.07) is 11.3. The molecular weight excluding hydrogens is 348 g/mol. The van der Waals surface area contributed by atoms with E-state index in [2.05, 4.69) is 0 Å². The number of aryl methyl sites for hydroxylation is 1. The molecule has 2 aromatic rings. The average Bonchev–Trinajstić information content (AvgIpc) is 2.60. The van der Waals surface area contributed by atoms with Gasteiger partial charge in [0.15, 0.2) is 0 Å². The lowest BCUT2D eigenvalue weighted by Crippen LogP contribution is -2.43. The van der Waals surface area contributed by atoms with Crippen LogP contribution in [0.1, 0.15) is 5.56 Å². The highest BCUT2D eigenvalue weighted by atomic mass is 32.2. The van der Waals surface area contributed by atoms with Crippen LogP contribution in [0.2, 0.25) is 0 Å². The number of amides is 1. The van der Waals surface area contributed by atoms with Crippen LogP contribution in [-0.4, -0.2) is 25.8 Å². The predicted octanol–water partition coefficient (Wildman–Crippen LogP) is 1.09. The van der Waals surface area contributed by atoms with Crippen LogP contribution in [0.15, 0.2) is 53.4 Å². The Morgan fingerprint density at radius 2 is 1.88 bits per heavy atom. The standard InChI is InChI=1S/C15H16N4O5S/c1-11-9-12(19(21)22)7-8-14(11)18(10-15(20)17-16)25(23,24)13-5-3-2-4-6-13/h2-9H,10,16H2,1H3,(H,17,20). The number of nitrogens with one attached hydrogen (secondary N) is 1. The molecule has 0 aliphatic carbocycles. The van der Waals surface area contributed by atoms with Crippen molar-refractivity contribution in [3.05, 3.63) is 64.2 Å². The number of benzene rings is 2. The Balaban J connectivity index is 2.58. The minimum Gasteiger partial charge on any atom is -0.293 e. The molecule has 0 unspecified atom stereocenters. The smallest absolute Gasteiger partial charge is 0.269 e. The summed E-state index contributed by atoms with van der Waals surface area (Å²) in [5.74, 6) is 4.35. The van der Waals surface area contributed by atoms with Crippen LogP contribution >= 0.6 is 0 Å². The second-order valence-electron chi connectivity index (χ2n) is 5.12. The number of nitro groups is 1. The van der Waals surface area contributed by atoms with E-state index in [0.717, 1.165) is 4.31 Å². The SMILES string of the molecule is Cc1cc([N+](=O)[O-])ccc1N(CC(=O)NN)S(=O)(=O)c1ccccc1. The number of anilines is 1. The van der Waals surface area contributed by atoms with Crippen LogP contribution in [-0.2, 0) is 14.8 Å². The summed E-state index contributed by atoms with van der Waals surface area (Å²) < 4.78 is 26.7. The fourth-order valence-corrected chi connectivity index (χ4v) is 3.74. The van der Waals surface area contributed by atoms with Crippen LogP contribution in [0.25, 0.3) is 0 Å². The van der Waals surface area contributed by atoms with Gasteiger partial charge < -0.3 is 0 Å². The minimum atomic E-state index is -4.07. The lowest BCUT2D eigenvalue weighted by atomic mass is 10.2. The van der Waals surface area contributed by atoms with Crippen molar-refractivity contribution >= 4 is 27.3 Å². The van der Waals surface area contributed by atoms with Gasteiger partial charge in [0.2, 0.25) is 0 Å². The molecule has 0 spiro atoms. The van der Waals surface area contributed by atoms with E-state index in [-0.39, 0.29) is 16.3 Å². The van der Waals surface area contributed by atoms with Gasteiger partial charge in [0, 0.05) is 12.1 Å². The van der Waals surface area contributed by atoms with E-state index < -0.39 is 27.4 Å². The largest absolute Gasteiger partial charge is 0.293 e. The van der Waals surface area contributed by atoms with Gasteiger partial charge in [-0.25, -0.2) is 14.3 Å². The Morgan fingerprint density at radius 3 is 2.40 bits per heavy atom. The Hall–Kier alpha value is -2.98. The van der Waals surface area contributed by atoms with Crippen molar-refractivity contribution < 1.29 is 18.1 Å². The van der Waals surface area contributed by atoms with E-state index in [4.69, 9.17) is 5.84 Å². The number of hydrogen-bond acceptors (Lipinski definition) is 6. The number of nitrogens with two attached hydrogens (primary N) is 1. The van der Waals surface area contributed by atoms with Gasteiger partial charge in [-0.1, -0.05) is 18.2 Å². The first-order valence-corrected chi connectivity index (χ1v) is 8.53. The molecule has 3 N–H and O–H groups in total. The van der Waals surface area contributed by atoms with E-state index in [9.17, 15) is 23.3 Å². The molecule has 0 atom stereocenters. The first-order valence-electron chi connectivity index (χ1n) is 7.09. The third-order valence-corrected chi connectivity index (χ3v) is 5.21. The number of carbonyl (C=O) groups is 1. The number of nitrogens with zero attached hydrogens (tertiary/aromatic N) is 2. The molecule has 0 saturated carbocycles. The van der Waals surface area contributed by atoms with Crippen LogP contribution in [0, 0.1) is 17.0 Å². The zero-order chi connectivity index (χ0) is 18.6. The molecule has 0 radical (unpaired) electrons. The monoisotopic (exact) mass is 364 g/mol. The Morgan fingerprint density at radius 1 is 1.24 bits per heavy atom. The molecule has 0 heterocycles. The second-order valence-corrected chi connectivity index (χ2v) is 6.98. The van der Waals surface area contributed by atoms with Crippen LogP contribution in [0.3, 0.4) is 0 Å². The van der Waals surface area contributed by atoms with E-state index in [1.54, 1.807) is 18.2 Å². The van der Waals surface area contributed by atoms with Gasteiger partial charge in [-0.2, -0.15) is 0 Å². The molecule has 132 valence electrons. The third-order valence-electron chi connectivity index (χ3n) is 3.44. The molecule has 0 aliphatic rings. The van der Waals surface area contributed by atoms with Crippen molar-refractivity contribution in [3.63, 3.8) is 0 Å². The van der Waals surface area contributed by atoms with Crippen molar-refractivity contribution in [1.82, 2.24) is 5.43 Å². The van der Waals surface area contributed by atoms with Crippen LogP contribution in [0.4, 0.5) is 11.4 Å². The Labute approximate surface area is 144 Å². The van der Waals surface area contributed by atoms with Crippen molar-refractivity contribution in [2.45, 2.75) is 11.8 Å². The fourth-order valence-electron chi connectivity index (χ4n) is 2.23. The number of sulfonamides is 1. The zero-order valence-electron chi connectivity index (χ0n) is 13.2. The Bertz CT molecular complexity index is 899. The number of non-ortho nitro benzene ring substituents is 1. The molecule has 9 nitrogen and oxygen atoms in total. The van der Waals surface area contributed by atoms with Crippen molar-refractivity contribution in [2.75, 3.05) is 10.8 Å². The van der Waals surface area contributed by atoms with Gasteiger partial charge >= 0.3 is 0 Å². The lowest BCUT2D eigenvalue weighted by Gasteiger charge is -2.25. The van der Waals surface area contributed by atoms with Gasteiger partial charge in [-0.05, 0) is 30.7 Å². The molecule has 2 rings (SSSR count). The van der Waals surface area contributed by atoms with E-state index >= 15 is 0 Å². The molecule has 1 amide bonds. The topological polar surface area (TPSA) is 136 Å². The maximum absolute atomic E-state index is 12.9. The maximum atomic E-state index is 12.9. The lowest BCUT2D eigenvalue weighted by molar-refractivity contribution is -0.384. The number of rotatable bonds is 6. The van der Waals surface area contributed by atoms with Gasteiger partial charge in [-0.3, -0.25) is 24.6 Å². The van der Waals surface area contributed by atoms with E-state index in [0.29, 0.717) is 5.56 Å². The Kier molecular flexibility index (Phi) is 5.35. The van der Waals surface area contributed by atoms with Crippen LogP contribution < -0.4 is 15.6 Å². The highest BCUT2D eigenvalue weighted by Crippen LogP contribution is 2.29. The summed E-state index contributed by atoms with van der Waals surface area (Å²) in [6.07, 6.45) is 0. The molecule has 10 heteroatoms. The third kappa shape index (κ3) is 3.92. The highest BCUT2D eigenvalue weighted by molar-refractivity contribution is 7.92. The van der Waals surface area contributed by atoms with E-state index in [1.165, 1.54) is 37.3 Å². The van der Waals surface area contributed by atoms with Crippen molar-refractivity contribution in [1.29, 1.82) is 0 Å². The van der Waals surface area contributed by atoms with Gasteiger partial charge in [0.1, 0.15) is 6.54 Å². The molecule has 2 aromatic carbocycles. The quantitative estimate of drug-likeness (QED) is 0.341. The summed E-state index contributed by atoms with van der Waals surface area (Å²) in [5.41, 5.74) is 2.19. The first kappa shape index (κ1) is 18.4. The highest BCUT2D eigenvalue weighted by Gasteiger charge is 2.28. The van der Waals surface area contributed by atoms with Crippen molar-refractivity contribution in [2.24, 2.45) is 5.84 Å². The van der Waals surface area contributed by atoms with Gasteiger partial charge in [0.05, 0.1) is 15.5 Å². The van der Waals surface area contributed by atoms with Crippen LogP contribution in [0.5, 0.6) is 0 Å². The minimum absolute atomic E-state index is 0.0161. The molecule has 0 bridgehead atoms. The molecule has 0 aromatic heterocycles. The number of nitro benzene ring substituents is 1. The fraction of sp³-hybridized carbons (Fsp3) is 0.133. The molecule has 0 saturated heterocycles. The molecular formula is C15H16N4O5S. The summed E-state index contributed by atoms with van der Waals surface area (Å²) in [5, 5.41) is 10.9. The van der Waals surface area contributed by atoms with Crippen molar-refractivity contribution in [3.8, 4) is 0 Å². The number of carbonyl (C=O) groups excluding carboxylic acids is 1. The number of hydrogen-bond donors (Lipinski definition) is 2. The maximum Gasteiger partial charge on any atom is 0.269 e. The van der Waals surface area contributed by atoms with E-state index in [1.807, 2.05) is 5.43 Å². The zero-order valence-corrected chi connectivity index (χ0v) is 14.1. The molecule has 0 aliphatic heterocycles. The predicted molar refractivity (Wildman–Crippen MR) is 91.1 cm³/mol. The summed E-state index contributed by atoms with van der Waals surface area (Å²) >= 11 is 0. The summed E-state index contributed by atoms with van der Waals surface area (Å²) in [7, 11) is -4.07. The van der Waals surface area contributed by atoms with Gasteiger partial charge in [-0.15, -0.1) is 0 Å². The van der Waals surface area contributed by atoms with Gasteiger partial charge in [0.25, 0.3) is 21.6 Å².